The number of anilines is 1. The molecule has 1 aromatic heterocycles. The highest BCUT2D eigenvalue weighted by Gasteiger charge is 2.16. The summed E-state index contributed by atoms with van der Waals surface area (Å²) in [6.45, 7) is 0.572. The zero-order valence-corrected chi connectivity index (χ0v) is 11.4. The number of rotatable bonds is 6. The lowest BCUT2D eigenvalue weighted by Crippen LogP contribution is -2.08. The highest BCUT2D eigenvalue weighted by atomic mass is 35.5. The molecule has 0 atom stereocenters. The van der Waals surface area contributed by atoms with Crippen molar-refractivity contribution in [3.05, 3.63) is 57.5 Å². The van der Waals surface area contributed by atoms with E-state index in [1.165, 1.54) is 5.56 Å². The summed E-state index contributed by atoms with van der Waals surface area (Å²) in [5.74, 6) is 0.156. The van der Waals surface area contributed by atoms with Crippen molar-refractivity contribution < 1.29 is 4.92 Å². The van der Waals surface area contributed by atoms with Crippen LogP contribution in [-0.2, 0) is 6.42 Å². The number of aromatic nitrogens is 2. The molecule has 6 nitrogen and oxygen atoms in total. The summed E-state index contributed by atoms with van der Waals surface area (Å²) < 4.78 is 0. The number of nitrogens with zero attached hydrogens (tertiary/aromatic N) is 3. The number of nitro groups is 1. The molecule has 0 fully saturated rings. The minimum absolute atomic E-state index is 0.0128. The van der Waals surface area contributed by atoms with Gasteiger partial charge in [-0.3, -0.25) is 10.1 Å². The number of hydrogen-bond donors (Lipinski definition) is 1. The molecule has 2 rings (SSSR count). The van der Waals surface area contributed by atoms with Crippen molar-refractivity contribution in [1.82, 2.24) is 9.97 Å². The van der Waals surface area contributed by atoms with Crippen LogP contribution in [0.4, 0.5) is 11.5 Å². The quantitative estimate of drug-likeness (QED) is 0.383. The molecule has 0 unspecified atom stereocenters. The SMILES string of the molecule is O=[N+]([O-])c1cnc(Cl)nc1NCCCc1ccccc1. The van der Waals surface area contributed by atoms with E-state index in [1.54, 1.807) is 0 Å². The third-order valence-electron chi connectivity index (χ3n) is 2.71. The van der Waals surface area contributed by atoms with Gasteiger partial charge in [0.1, 0.15) is 6.20 Å². The average Bonchev–Trinajstić information content (AvgIpc) is 2.44. The molecule has 1 aromatic carbocycles. The highest BCUT2D eigenvalue weighted by molar-refractivity contribution is 6.28. The maximum atomic E-state index is 10.8. The Morgan fingerprint density at radius 2 is 2.05 bits per heavy atom. The van der Waals surface area contributed by atoms with Gasteiger partial charge >= 0.3 is 5.69 Å². The Balaban J connectivity index is 1.91. The third-order valence-corrected chi connectivity index (χ3v) is 2.90. The highest BCUT2D eigenvalue weighted by Crippen LogP contribution is 2.21. The molecule has 0 aliphatic rings. The van der Waals surface area contributed by atoms with Gasteiger partial charge in [0, 0.05) is 6.54 Å². The number of aryl methyl sites for hydroxylation is 1. The summed E-state index contributed by atoms with van der Waals surface area (Å²) in [5, 5.41) is 13.7. The summed E-state index contributed by atoms with van der Waals surface area (Å²) in [5.41, 5.74) is 1.05. The molecule has 0 aliphatic carbocycles. The van der Waals surface area contributed by atoms with Crippen molar-refractivity contribution in [1.29, 1.82) is 0 Å². The molecule has 20 heavy (non-hydrogen) atoms. The molecule has 0 radical (unpaired) electrons. The van der Waals surface area contributed by atoms with Crippen molar-refractivity contribution in [2.75, 3.05) is 11.9 Å². The summed E-state index contributed by atoms with van der Waals surface area (Å²) in [6, 6.07) is 10.0. The van der Waals surface area contributed by atoms with E-state index < -0.39 is 4.92 Å². The van der Waals surface area contributed by atoms with E-state index >= 15 is 0 Å². The van der Waals surface area contributed by atoms with Crippen LogP contribution in [0.5, 0.6) is 0 Å². The molecule has 0 saturated carbocycles. The van der Waals surface area contributed by atoms with Crippen LogP contribution in [-0.4, -0.2) is 21.4 Å². The molecule has 0 saturated heterocycles. The zero-order chi connectivity index (χ0) is 14.4. The summed E-state index contributed by atoms with van der Waals surface area (Å²) in [7, 11) is 0. The Morgan fingerprint density at radius 1 is 1.30 bits per heavy atom. The van der Waals surface area contributed by atoms with Crippen molar-refractivity contribution in [3.8, 4) is 0 Å². The van der Waals surface area contributed by atoms with Gasteiger partial charge in [0.15, 0.2) is 0 Å². The van der Waals surface area contributed by atoms with E-state index in [1.807, 2.05) is 30.3 Å². The molecule has 0 bridgehead atoms. The first-order valence-corrected chi connectivity index (χ1v) is 6.49. The molecule has 1 N–H and O–H groups in total. The minimum Gasteiger partial charge on any atom is -0.364 e. The Hall–Kier alpha value is -2.21. The number of halogens is 1. The number of benzene rings is 1. The second-order valence-corrected chi connectivity index (χ2v) is 4.48. The Morgan fingerprint density at radius 3 is 2.75 bits per heavy atom. The van der Waals surface area contributed by atoms with Gasteiger partial charge < -0.3 is 5.32 Å². The molecule has 0 aliphatic heterocycles. The van der Waals surface area contributed by atoms with E-state index in [0.29, 0.717) is 6.54 Å². The first kappa shape index (κ1) is 14.2. The van der Waals surface area contributed by atoms with Crippen LogP contribution in [0.2, 0.25) is 5.28 Å². The Kier molecular flexibility index (Phi) is 4.84. The molecular weight excluding hydrogens is 280 g/mol. The lowest BCUT2D eigenvalue weighted by Gasteiger charge is -2.06. The second kappa shape index (κ2) is 6.81. The van der Waals surface area contributed by atoms with Gasteiger partial charge in [0.2, 0.25) is 11.1 Å². The van der Waals surface area contributed by atoms with Gasteiger partial charge in [-0.1, -0.05) is 30.3 Å². The smallest absolute Gasteiger partial charge is 0.329 e. The monoisotopic (exact) mass is 292 g/mol. The van der Waals surface area contributed by atoms with E-state index in [0.717, 1.165) is 19.0 Å². The molecule has 2 aromatic rings. The molecule has 1 heterocycles. The molecule has 0 spiro atoms. The topological polar surface area (TPSA) is 81.0 Å². The lowest BCUT2D eigenvalue weighted by atomic mass is 10.1. The van der Waals surface area contributed by atoms with Gasteiger partial charge in [-0.15, -0.1) is 0 Å². The van der Waals surface area contributed by atoms with Crippen molar-refractivity contribution in [3.63, 3.8) is 0 Å². The van der Waals surface area contributed by atoms with Crippen molar-refractivity contribution >= 4 is 23.1 Å². The molecular formula is C13H13ClN4O2. The largest absolute Gasteiger partial charge is 0.364 e. The van der Waals surface area contributed by atoms with E-state index in [-0.39, 0.29) is 16.8 Å². The van der Waals surface area contributed by atoms with E-state index in [4.69, 9.17) is 11.6 Å². The fourth-order valence-corrected chi connectivity index (χ4v) is 1.89. The Bertz CT molecular complexity index is 592. The van der Waals surface area contributed by atoms with Gasteiger partial charge in [-0.25, -0.2) is 4.98 Å². The van der Waals surface area contributed by atoms with Crippen LogP contribution in [0.25, 0.3) is 0 Å². The molecule has 104 valence electrons. The predicted octanol–water partition coefficient (Wildman–Crippen LogP) is 3.08. The van der Waals surface area contributed by atoms with Crippen LogP contribution < -0.4 is 5.32 Å². The van der Waals surface area contributed by atoms with E-state index in [2.05, 4.69) is 15.3 Å². The summed E-state index contributed by atoms with van der Waals surface area (Å²) >= 11 is 5.65. The standard InChI is InChI=1S/C13H13ClN4O2/c14-13-16-9-11(18(19)20)12(17-13)15-8-4-7-10-5-2-1-3-6-10/h1-3,5-6,9H,4,7-8H2,(H,15,16,17). The lowest BCUT2D eigenvalue weighted by molar-refractivity contribution is -0.384. The van der Waals surface area contributed by atoms with Gasteiger partial charge in [0.05, 0.1) is 4.92 Å². The van der Waals surface area contributed by atoms with Crippen LogP contribution in [0.15, 0.2) is 36.5 Å². The maximum Gasteiger partial charge on any atom is 0.329 e. The van der Waals surface area contributed by atoms with Crippen LogP contribution in [0.1, 0.15) is 12.0 Å². The normalized spacial score (nSPS) is 10.2. The van der Waals surface area contributed by atoms with Crippen molar-refractivity contribution in [2.24, 2.45) is 0 Å². The van der Waals surface area contributed by atoms with Crippen LogP contribution in [0, 0.1) is 10.1 Å². The number of hydrogen-bond acceptors (Lipinski definition) is 5. The number of nitrogens with one attached hydrogen (secondary N) is 1. The van der Waals surface area contributed by atoms with E-state index in [9.17, 15) is 10.1 Å². The third kappa shape index (κ3) is 3.89. The first-order chi connectivity index (χ1) is 9.66. The Labute approximate surface area is 121 Å². The molecule has 0 amide bonds. The minimum atomic E-state index is -0.532. The van der Waals surface area contributed by atoms with Gasteiger partial charge in [-0.05, 0) is 30.0 Å². The van der Waals surface area contributed by atoms with Crippen molar-refractivity contribution in [2.45, 2.75) is 12.8 Å². The fourth-order valence-electron chi connectivity index (χ4n) is 1.76. The first-order valence-electron chi connectivity index (χ1n) is 6.11. The van der Waals surface area contributed by atoms with Crippen LogP contribution in [0.3, 0.4) is 0 Å². The molecule has 7 heteroatoms. The summed E-state index contributed by atoms with van der Waals surface area (Å²) in [4.78, 5) is 17.7. The average molecular weight is 293 g/mol. The fraction of sp³-hybridized carbons (Fsp3) is 0.231. The zero-order valence-electron chi connectivity index (χ0n) is 10.6. The summed E-state index contributed by atoms with van der Waals surface area (Å²) in [6.07, 6.45) is 2.83. The maximum absolute atomic E-state index is 10.8. The van der Waals surface area contributed by atoms with Gasteiger partial charge in [-0.2, -0.15) is 4.98 Å². The van der Waals surface area contributed by atoms with Crippen LogP contribution >= 0.6 is 11.6 Å². The predicted molar refractivity (Wildman–Crippen MR) is 76.9 cm³/mol. The van der Waals surface area contributed by atoms with Gasteiger partial charge in [0.25, 0.3) is 0 Å². The second-order valence-electron chi connectivity index (χ2n) is 4.15.